The second-order valence-corrected chi connectivity index (χ2v) is 8.06. The van der Waals surface area contributed by atoms with Gasteiger partial charge in [0.05, 0.1) is 11.4 Å². The van der Waals surface area contributed by atoms with Crippen LogP contribution in [0.1, 0.15) is 28.8 Å². The summed E-state index contributed by atoms with van der Waals surface area (Å²) in [7, 11) is 0. The molecule has 1 aliphatic rings. The van der Waals surface area contributed by atoms with Gasteiger partial charge in [-0.15, -0.1) is 0 Å². The number of benzene rings is 2. The molecule has 2 aromatic carbocycles. The van der Waals surface area contributed by atoms with E-state index in [0.717, 1.165) is 30.5 Å². The van der Waals surface area contributed by atoms with Crippen LogP contribution in [0.3, 0.4) is 0 Å². The predicted molar refractivity (Wildman–Crippen MR) is 120 cm³/mol. The molecule has 31 heavy (non-hydrogen) atoms. The topological polar surface area (TPSA) is 112 Å². The third-order valence-electron chi connectivity index (χ3n) is 5.82. The molecule has 1 unspecified atom stereocenters. The van der Waals surface area contributed by atoms with Crippen LogP contribution in [0.15, 0.2) is 53.3 Å². The molecule has 160 valence electrons. The van der Waals surface area contributed by atoms with E-state index in [1.54, 1.807) is 43.3 Å². The highest BCUT2D eigenvalue weighted by Gasteiger charge is 2.23. The van der Waals surface area contributed by atoms with Gasteiger partial charge in [0.1, 0.15) is 5.75 Å². The van der Waals surface area contributed by atoms with E-state index in [-0.39, 0.29) is 11.7 Å². The van der Waals surface area contributed by atoms with Crippen LogP contribution in [0.4, 0.5) is 0 Å². The number of piperidine rings is 1. The van der Waals surface area contributed by atoms with Gasteiger partial charge >= 0.3 is 5.69 Å². The molecule has 1 aromatic heterocycles. The molecule has 1 saturated heterocycles. The first-order chi connectivity index (χ1) is 14.9. The number of rotatable bonds is 4. The molecular formula is C24H26N4O3. The summed E-state index contributed by atoms with van der Waals surface area (Å²) in [6, 6.07) is 14.1. The van der Waals surface area contributed by atoms with Crippen LogP contribution in [0.5, 0.6) is 5.75 Å². The molecule has 4 rings (SSSR count). The summed E-state index contributed by atoms with van der Waals surface area (Å²) >= 11 is 0. The first-order valence-electron chi connectivity index (χ1n) is 10.5. The average Bonchev–Trinajstić information content (AvgIpc) is 2.80. The number of aryl methyl sites for hydroxylation is 1. The first-order valence-corrected chi connectivity index (χ1v) is 10.5. The third-order valence-corrected chi connectivity index (χ3v) is 5.82. The maximum absolute atomic E-state index is 12.9. The quantitative estimate of drug-likeness (QED) is 0.603. The van der Waals surface area contributed by atoms with Crippen molar-refractivity contribution in [3.05, 3.63) is 70.1 Å². The number of carbonyl (C=O) groups excluding carboxylic acids is 1. The number of aromatic nitrogens is 2. The largest absolute Gasteiger partial charge is 0.508 e. The summed E-state index contributed by atoms with van der Waals surface area (Å²) in [5, 5.41) is 9.75. The number of nitrogens with two attached hydrogens (primary N) is 1. The van der Waals surface area contributed by atoms with Crippen molar-refractivity contribution < 1.29 is 9.90 Å². The number of nitrogens with zero attached hydrogens (tertiary/aromatic N) is 2. The number of phenolic OH excluding ortho intramolecular Hbond substituents is 1. The number of hydrogen-bond acceptors (Lipinski definition) is 5. The van der Waals surface area contributed by atoms with E-state index >= 15 is 0 Å². The second-order valence-electron chi connectivity index (χ2n) is 8.06. The zero-order chi connectivity index (χ0) is 22.0. The Labute approximate surface area is 180 Å². The van der Waals surface area contributed by atoms with Crippen molar-refractivity contribution >= 4 is 5.91 Å². The molecule has 1 amide bonds. The van der Waals surface area contributed by atoms with E-state index < -0.39 is 5.69 Å². The van der Waals surface area contributed by atoms with Gasteiger partial charge in [-0.25, -0.2) is 4.79 Å². The van der Waals surface area contributed by atoms with Crippen LogP contribution in [0.2, 0.25) is 0 Å². The highest BCUT2D eigenvalue weighted by atomic mass is 16.3. The summed E-state index contributed by atoms with van der Waals surface area (Å²) in [5.74, 6) is 0.564. The number of nitrogens with one attached hydrogen (secondary N) is 1. The minimum Gasteiger partial charge on any atom is -0.508 e. The van der Waals surface area contributed by atoms with E-state index in [1.165, 1.54) is 0 Å². The molecule has 1 fully saturated rings. The molecule has 1 aliphatic heterocycles. The first kappa shape index (κ1) is 20.8. The van der Waals surface area contributed by atoms with Gasteiger partial charge in [0.2, 0.25) is 0 Å². The monoisotopic (exact) mass is 418 g/mol. The summed E-state index contributed by atoms with van der Waals surface area (Å²) in [6.07, 6.45) is 2.04. The zero-order valence-electron chi connectivity index (χ0n) is 17.5. The number of H-pyrrole nitrogens is 1. The van der Waals surface area contributed by atoms with Crippen LogP contribution in [-0.4, -0.2) is 45.5 Å². The number of aromatic hydroxyl groups is 1. The minimum atomic E-state index is -0.459. The summed E-state index contributed by atoms with van der Waals surface area (Å²) < 4.78 is 0. The Hall–Kier alpha value is -3.45. The van der Waals surface area contributed by atoms with Crippen LogP contribution in [0, 0.1) is 12.8 Å². The number of phenols is 1. The second kappa shape index (κ2) is 8.73. The Morgan fingerprint density at radius 1 is 1.19 bits per heavy atom. The maximum Gasteiger partial charge on any atom is 0.345 e. The number of hydrogen-bond donors (Lipinski definition) is 3. The minimum absolute atomic E-state index is 0.00757. The molecule has 7 heteroatoms. The highest BCUT2D eigenvalue weighted by Crippen LogP contribution is 2.26. The van der Waals surface area contributed by atoms with E-state index in [2.05, 4.69) is 9.97 Å². The Bertz CT molecular complexity index is 1150. The van der Waals surface area contributed by atoms with Gasteiger partial charge in [-0.2, -0.15) is 4.98 Å². The van der Waals surface area contributed by atoms with Crippen molar-refractivity contribution in [1.29, 1.82) is 0 Å². The average molecular weight is 418 g/mol. The van der Waals surface area contributed by atoms with Gasteiger partial charge in [-0.05, 0) is 79.8 Å². The van der Waals surface area contributed by atoms with Gasteiger partial charge < -0.3 is 20.7 Å². The number of carbonyl (C=O) groups is 1. The van der Waals surface area contributed by atoms with Crippen LogP contribution in [-0.2, 0) is 0 Å². The smallest absolute Gasteiger partial charge is 0.345 e. The Kier molecular flexibility index (Phi) is 5.86. The molecule has 1 atom stereocenters. The van der Waals surface area contributed by atoms with Crippen LogP contribution < -0.4 is 11.4 Å². The van der Waals surface area contributed by atoms with Crippen molar-refractivity contribution in [3.63, 3.8) is 0 Å². The van der Waals surface area contributed by atoms with Crippen molar-refractivity contribution in [3.8, 4) is 28.3 Å². The van der Waals surface area contributed by atoms with Crippen molar-refractivity contribution in [1.82, 2.24) is 14.9 Å². The fourth-order valence-corrected chi connectivity index (χ4v) is 3.99. The standard InChI is InChI=1S/C24H26N4O3/c1-15-11-19(8-9-22(15)29)21-12-20(26-24(31)27-21)17-4-6-18(7-5-17)23(30)28-10-2-3-16(13-25)14-28/h4-9,11-12,16,29H,2-3,10,13-14,25H2,1H3,(H,26,27,31). The number of likely N-dealkylation sites (tertiary alicyclic amines) is 1. The molecule has 7 nitrogen and oxygen atoms in total. The summed E-state index contributed by atoms with van der Waals surface area (Å²) in [6.45, 7) is 3.84. The number of amides is 1. The Morgan fingerprint density at radius 2 is 1.94 bits per heavy atom. The molecule has 0 radical (unpaired) electrons. The van der Waals surface area contributed by atoms with Crippen LogP contribution in [0.25, 0.3) is 22.5 Å². The Balaban J connectivity index is 1.59. The van der Waals surface area contributed by atoms with Crippen LogP contribution >= 0.6 is 0 Å². The lowest BCUT2D eigenvalue weighted by atomic mass is 9.97. The molecule has 0 saturated carbocycles. The van der Waals surface area contributed by atoms with E-state index in [9.17, 15) is 14.7 Å². The molecule has 0 aliphatic carbocycles. The molecule has 0 spiro atoms. The molecule has 0 bridgehead atoms. The third kappa shape index (κ3) is 4.51. The van der Waals surface area contributed by atoms with Gasteiger partial charge in [-0.1, -0.05) is 12.1 Å². The molecule has 2 heterocycles. The lowest BCUT2D eigenvalue weighted by Crippen LogP contribution is -2.42. The summed E-state index contributed by atoms with van der Waals surface area (Å²) in [5.41, 5.74) is 9.31. The van der Waals surface area contributed by atoms with Gasteiger partial charge in [0.25, 0.3) is 5.91 Å². The highest BCUT2D eigenvalue weighted by molar-refractivity contribution is 5.94. The van der Waals surface area contributed by atoms with E-state index in [0.29, 0.717) is 41.5 Å². The van der Waals surface area contributed by atoms with Crippen molar-refractivity contribution in [2.75, 3.05) is 19.6 Å². The molecule has 4 N–H and O–H groups in total. The molecule has 3 aromatic rings. The fourth-order valence-electron chi connectivity index (χ4n) is 3.99. The molecular weight excluding hydrogens is 392 g/mol. The summed E-state index contributed by atoms with van der Waals surface area (Å²) in [4.78, 5) is 33.7. The zero-order valence-corrected chi connectivity index (χ0v) is 17.5. The van der Waals surface area contributed by atoms with Gasteiger partial charge in [0, 0.05) is 24.2 Å². The van der Waals surface area contributed by atoms with E-state index in [1.807, 2.05) is 17.0 Å². The van der Waals surface area contributed by atoms with Gasteiger partial charge in [-0.3, -0.25) is 4.79 Å². The fraction of sp³-hybridized carbons (Fsp3) is 0.292. The maximum atomic E-state index is 12.9. The van der Waals surface area contributed by atoms with E-state index in [4.69, 9.17) is 5.73 Å². The lowest BCUT2D eigenvalue weighted by Gasteiger charge is -2.32. The SMILES string of the molecule is Cc1cc(-c2cc(-c3ccc(C(=O)N4CCCC(CN)C4)cc3)[nH]c(=O)n2)ccc1O. The normalized spacial score (nSPS) is 16.3. The van der Waals surface area contributed by atoms with Crippen molar-refractivity contribution in [2.45, 2.75) is 19.8 Å². The predicted octanol–water partition coefficient (Wildman–Crippen LogP) is 2.93. The lowest BCUT2D eigenvalue weighted by molar-refractivity contribution is 0.0678. The number of aromatic amines is 1. The van der Waals surface area contributed by atoms with Gasteiger partial charge in [0.15, 0.2) is 0 Å². The Morgan fingerprint density at radius 3 is 2.65 bits per heavy atom. The van der Waals surface area contributed by atoms with Crippen molar-refractivity contribution in [2.24, 2.45) is 11.7 Å².